The average Bonchev–Trinajstić information content (AvgIpc) is 2.88. The van der Waals surface area contributed by atoms with E-state index in [4.69, 9.17) is 4.98 Å². The minimum absolute atomic E-state index is 0.311. The first kappa shape index (κ1) is 14.9. The number of aromatic amines is 1. The summed E-state index contributed by atoms with van der Waals surface area (Å²) < 4.78 is 0. The minimum Gasteiger partial charge on any atom is -0.341 e. The van der Waals surface area contributed by atoms with E-state index in [1.165, 1.54) is 29.9 Å². The third kappa shape index (κ3) is 3.43. The Morgan fingerprint density at radius 3 is 2.76 bits per heavy atom. The Labute approximate surface area is 131 Å². The lowest BCUT2D eigenvalue weighted by Crippen LogP contribution is -2.38. The zero-order valence-electron chi connectivity index (χ0n) is 13.1. The first-order chi connectivity index (χ1) is 10.1. The number of aromatic nitrogens is 2. The molecule has 1 aliphatic heterocycles. The molecular formula is C17H25N3S. The van der Waals surface area contributed by atoms with Crippen molar-refractivity contribution in [3.63, 3.8) is 0 Å². The molecule has 3 nitrogen and oxygen atoms in total. The summed E-state index contributed by atoms with van der Waals surface area (Å²) in [6.45, 7) is 6.67. The Bertz CT molecular complexity index is 599. The van der Waals surface area contributed by atoms with E-state index in [0.29, 0.717) is 18.0 Å². The first-order valence-electron chi connectivity index (χ1n) is 7.93. The van der Waals surface area contributed by atoms with Gasteiger partial charge in [-0.1, -0.05) is 19.9 Å². The summed E-state index contributed by atoms with van der Waals surface area (Å²) in [5.74, 6) is 4.17. The highest BCUT2D eigenvalue weighted by atomic mass is 32.2. The molecule has 4 heteroatoms. The molecule has 114 valence electrons. The number of H-pyrrole nitrogens is 1. The standard InChI is InChI=1S/C17H25N3S/c1-11(2)16(18-13-6-8-21-9-7-13)17-19-14-5-4-12(3)10-15(14)20-17/h4-5,10-11,13,16,18H,6-9H2,1-3H3,(H,19,20). The Morgan fingerprint density at radius 1 is 1.29 bits per heavy atom. The lowest BCUT2D eigenvalue weighted by atomic mass is 10.0. The van der Waals surface area contributed by atoms with Gasteiger partial charge >= 0.3 is 0 Å². The molecule has 0 spiro atoms. The summed E-state index contributed by atoms with van der Waals surface area (Å²) in [5, 5.41) is 3.84. The number of benzene rings is 1. The highest BCUT2D eigenvalue weighted by molar-refractivity contribution is 7.99. The summed E-state index contributed by atoms with van der Waals surface area (Å²) in [6.07, 6.45) is 2.54. The molecule has 1 saturated heterocycles. The molecule has 21 heavy (non-hydrogen) atoms. The van der Waals surface area contributed by atoms with Gasteiger partial charge in [0.15, 0.2) is 0 Å². The van der Waals surface area contributed by atoms with Crippen LogP contribution in [0.2, 0.25) is 0 Å². The first-order valence-corrected chi connectivity index (χ1v) is 9.09. The Balaban J connectivity index is 1.84. The van der Waals surface area contributed by atoms with Gasteiger partial charge in [0, 0.05) is 6.04 Å². The summed E-state index contributed by atoms with van der Waals surface area (Å²) in [5.41, 5.74) is 3.50. The monoisotopic (exact) mass is 303 g/mol. The molecule has 0 amide bonds. The second kappa shape index (κ2) is 6.41. The van der Waals surface area contributed by atoms with E-state index in [9.17, 15) is 0 Å². The Kier molecular flexibility index (Phi) is 4.55. The minimum atomic E-state index is 0.311. The molecule has 1 atom stereocenters. The van der Waals surface area contributed by atoms with E-state index in [2.05, 4.69) is 61.0 Å². The Hall–Kier alpha value is -1.00. The maximum atomic E-state index is 4.82. The molecule has 1 aromatic heterocycles. The number of nitrogens with zero attached hydrogens (tertiary/aromatic N) is 1. The van der Waals surface area contributed by atoms with Gasteiger partial charge in [0.05, 0.1) is 17.1 Å². The third-order valence-corrected chi connectivity index (χ3v) is 5.30. The van der Waals surface area contributed by atoms with Crippen LogP contribution in [-0.4, -0.2) is 27.5 Å². The number of hydrogen-bond acceptors (Lipinski definition) is 3. The average molecular weight is 303 g/mol. The summed E-state index contributed by atoms with van der Waals surface area (Å²) in [6, 6.07) is 7.36. The molecule has 0 bridgehead atoms. The summed E-state index contributed by atoms with van der Waals surface area (Å²) >= 11 is 2.07. The van der Waals surface area contributed by atoms with E-state index in [1.807, 2.05) is 0 Å². The predicted octanol–water partition coefficient (Wildman–Crippen LogP) is 4.05. The molecule has 1 fully saturated rings. The molecule has 1 unspecified atom stereocenters. The fraction of sp³-hybridized carbons (Fsp3) is 0.588. The topological polar surface area (TPSA) is 40.7 Å². The van der Waals surface area contributed by atoms with E-state index in [1.54, 1.807) is 0 Å². The lowest BCUT2D eigenvalue weighted by molar-refractivity contribution is 0.336. The zero-order chi connectivity index (χ0) is 14.8. The van der Waals surface area contributed by atoms with Gasteiger partial charge in [0.2, 0.25) is 0 Å². The molecule has 2 heterocycles. The van der Waals surface area contributed by atoms with Crippen LogP contribution in [0.4, 0.5) is 0 Å². The van der Waals surface area contributed by atoms with Crippen LogP contribution in [0.3, 0.4) is 0 Å². The molecule has 0 aliphatic carbocycles. The molecular weight excluding hydrogens is 278 g/mol. The number of rotatable bonds is 4. The Morgan fingerprint density at radius 2 is 2.05 bits per heavy atom. The van der Waals surface area contributed by atoms with Crippen molar-refractivity contribution in [2.24, 2.45) is 5.92 Å². The van der Waals surface area contributed by atoms with E-state index in [0.717, 1.165) is 16.9 Å². The van der Waals surface area contributed by atoms with Crippen LogP contribution in [0.25, 0.3) is 11.0 Å². The molecule has 1 aromatic carbocycles. The molecule has 2 aromatic rings. The van der Waals surface area contributed by atoms with Crippen LogP contribution < -0.4 is 5.32 Å². The van der Waals surface area contributed by atoms with Crippen molar-refractivity contribution in [1.29, 1.82) is 0 Å². The van der Waals surface area contributed by atoms with Crippen LogP contribution in [0.15, 0.2) is 18.2 Å². The van der Waals surface area contributed by atoms with Crippen molar-refractivity contribution in [1.82, 2.24) is 15.3 Å². The smallest absolute Gasteiger partial charge is 0.124 e. The lowest BCUT2D eigenvalue weighted by Gasteiger charge is -2.29. The number of hydrogen-bond donors (Lipinski definition) is 2. The van der Waals surface area contributed by atoms with Gasteiger partial charge < -0.3 is 10.3 Å². The molecule has 2 N–H and O–H groups in total. The molecule has 0 radical (unpaired) electrons. The second-order valence-electron chi connectivity index (χ2n) is 6.42. The van der Waals surface area contributed by atoms with E-state index < -0.39 is 0 Å². The number of imidazole rings is 1. The van der Waals surface area contributed by atoms with Crippen molar-refractivity contribution in [2.75, 3.05) is 11.5 Å². The van der Waals surface area contributed by atoms with Gasteiger partial charge in [-0.05, 0) is 54.9 Å². The van der Waals surface area contributed by atoms with Gasteiger partial charge in [-0.2, -0.15) is 11.8 Å². The maximum absolute atomic E-state index is 4.82. The van der Waals surface area contributed by atoms with E-state index in [-0.39, 0.29) is 0 Å². The summed E-state index contributed by atoms with van der Waals surface area (Å²) in [7, 11) is 0. The van der Waals surface area contributed by atoms with E-state index >= 15 is 0 Å². The zero-order valence-corrected chi connectivity index (χ0v) is 14.0. The van der Waals surface area contributed by atoms with Gasteiger partial charge in [-0.15, -0.1) is 0 Å². The van der Waals surface area contributed by atoms with Crippen molar-refractivity contribution in [3.8, 4) is 0 Å². The van der Waals surface area contributed by atoms with Crippen LogP contribution in [0.1, 0.15) is 44.1 Å². The largest absolute Gasteiger partial charge is 0.341 e. The highest BCUT2D eigenvalue weighted by Gasteiger charge is 2.24. The third-order valence-electron chi connectivity index (χ3n) is 4.25. The van der Waals surface area contributed by atoms with Crippen LogP contribution in [0.5, 0.6) is 0 Å². The van der Waals surface area contributed by atoms with Crippen LogP contribution in [-0.2, 0) is 0 Å². The van der Waals surface area contributed by atoms with Crippen molar-refractivity contribution in [3.05, 3.63) is 29.6 Å². The SMILES string of the molecule is Cc1ccc2nc(C(NC3CCSCC3)C(C)C)[nH]c2c1. The second-order valence-corrected chi connectivity index (χ2v) is 7.64. The maximum Gasteiger partial charge on any atom is 0.124 e. The van der Waals surface area contributed by atoms with Gasteiger partial charge in [-0.25, -0.2) is 4.98 Å². The quantitative estimate of drug-likeness (QED) is 0.895. The van der Waals surface area contributed by atoms with Gasteiger partial charge in [-0.3, -0.25) is 0 Å². The van der Waals surface area contributed by atoms with Crippen molar-refractivity contribution in [2.45, 2.75) is 45.7 Å². The van der Waals surface area contributed by atoms with Crippen molar-refractivity contribution < 1.29 is 0 Å². The van der Waals surface area contributed by atoms with Gasteiger partial charge in [0.1, 0.15) is 5.82 Å². The highest BCUT2D eigenvalue weighted by Crippen LogP contribution is 2.26. The predicted molar refractivity (Wildman–Crippen MR) is 91.9 cm³/mol. The number of thioether (sulfide) groups is 1. The number of fused-ring (bicyclic) bond motifs is 1. The summed E-state index contributed by atoms with van der Waals surface area (Å²) in [4.78, 5) is 8.35. The fourth-order valence-electron chi connectivity index (χ4n) is 3.00. The van der Waals surface area contributed by atoms with Crippen LogP contribution >= 0.6 is 11.8 Å². The van der Waals surface area contributed by atoms with Crippen LogP contribution in [0, 0.1) is 12.8 Å². The number of nitrogens with one attached hydrogen (secondary N) is 2. The number of aryl methyl sites for hydroxylation is 1. The normalized spacial score (nSPS) is 18.5. The molecule has 3 rings (SSSR count). The van der Waals surface area contributed by atoms with Gasteiger partial charge in [0.25, 0.3) is 0 Å². The molecule has 1 aliphatic rings. The fourth-order valence-corrected chi connectivity index (χ4v) is 4.10. The molecule has 0 saturated carbocycles. The van der Waals surface area contributed by atoms with Crippen molar-refractivity contribution >= 4 is 22.8 Å².